The Morgan fingerprint density at radius 3 is 1.26 bits per heavy atom. The number of nitrogens with zero attached hydrogens (tertiary/aromatic N) is 3. The molecule has 334 valence electrons. The van der Waals surface area contributed by atoms with Gasteiger partial charge in [-0.3, -0.25) is 19.7 Å². The number of thioether (sulfide) groups is 1. The molecule has 3 saturated heterocycles. The van der Waals surface area contributed by atoms with Crippen LogP contribution in [-0.2, 0) is 10.2 Å². The lowest BCUT2D eigenvalue weighted by Crippen LogP contribution is -2.49. The number of imide groups is 1. The van der Waals surface area contributed by atoms with Crippen LogP contribution in [0.5, 0.6) is 5.75 Å². The van der Waals surface area contributed by atoms with Crippen molar-refractivity contribution in [3.63, 3.8) is 0 Å². The van der Waals surface area contributed by atoms with E-state index in [2.05, 4.69) is 150 Å². The zero-order valence-electron chi connectivity index (χ0n) is 41.1. The highest BCUT2D eigenvalue weighted by Gasteiger charge is 2.35. The smallest absolute Gasteiger partial charge is 0.293 e. The number of aromatic nitrogens is 2. The van der Waals surface area contributed by atoms with E-state index in [0.717, 1.165) is 35.9 Å². The van der Waals surface area contributed by atoms with Gasteiger partial charge < -0.3 is 19.9 Å². The summed E-state index contributed by atoms with van der Waals surface area (Å²) in [5.74, 6) is 3.00. The lowest BCUT2D eigenvalue weighted by molar-refractivity contribution is -0.119. The molecule has 57 heavy (non-hydrogen) atoms. The second-order valence-corrected chi connectivity index (χ2v) is 24.9. The first-order valence-corrected chi connectivity index (χ1v) is 22.4. The molecule has 9 nitrogen and oxygen atoms in total. The van der Waals surface area contributed by atoms with Gasteiger partial charge in [0.2, 0.25) is 11.7 Å². The molecular weight excluding hydrogens is 731 g/mol. The maximum Gasteiger partial charge on any atom is 0.293 e. The molecule has 1 atom stereocenters. The van der Waals surface area contributed by atoms with Crippen LogP contribution in [0, 0.1) is 51.8 Å². The average Bonchev–Trinajstić information content (AvgIpc) is 3.23. The van der Waals surface area contributed by atoms with Gasteiger partial charge in [-0.1, -0.05) is 156 Å². The maximum absolute atomic E-state index is 11.2. The zero-order valence-corrected chi connectivity index (χ0v) is 41.9. The minimum absolute atomic E-state index is 0.0969. The van der Waals surface area contributed by atoms with E-state index < -0.39 is 5.56 Å². The third-order valence-corrected chi connectivity index (χ3v) is 12.2. The van der Waals surface area contributed by atoms with Gasteiger partial charge in [0.25, 0.3) is 10.8 Å². The Balaban J connectivity index is 0.000000671. The van der Waals surface area contributed by atoms with Gasteiger partial charge in [-0.25, -0.2) is 4.98 Å². The summed E-state index contributed by atoms with van der Waals surface area (Å²) in [7, 11) is 4.37. The van der Waals surface area contributed by atoms with E-state index in [9.17, 15) is 19.5 Å². The summed E-state index contributed by atoms with van der Waals surface area (Å²) < 4.78 is 0. The van der Waals surface area contributed by atoms with Crippen molar-refractivity contribution < 1.29 is 14.7 Å². The number of hydrogen-bond donors (Lipinski definition) is 3. The number of hydrogen-bond acceptors (Lipinski definition) is 8. The molecule has 5 rings (SSSR count). The molecule has 4 aliphatic rings. The van der Waals surface area contributed by atoms with Crippen LogP contribution in [0.4, 0.5) is 4.79 Å². The SMILES string of the molecule is CC(C)(C)C1CCC1.CC(C)(C)CC1SC(=O)NC1=O.CCC(C)(C)C.CN1CC(C(C)(C)C)C1.CN1CC(C(C)(C)C)C1.Cc1nc(C(C)(C)C)c(O)c(=O)[nH]1. The molecule has 2 amide bonds. The van der Waals surface area contributed by atoms with Gasteiger partial charge in [-0.05, 0) is 85.1 Å². The second-order valence-electron chi connectivity index (χ2n) is 23.7. The zero-order chi connectivity index (χ0) is 45.1. The molecule has 3 N–H and O–H groups in total. The lowest BCUT2D eigenvalue weighted by Gasteiger charge is -2.44. The first-order valence-electron chi connectivity index (χ1n) is 21.6. The van der Waals surface area contributed by atoms with Crippen LogP contribution in [-0.4, -0.2) is 81.5 Å². The summed E-state index contributed by atoms with van der Waals surface area (Å²) in [5, 5.41) is 11.3. The highest BCUT2D eigenvalue weighted by molar-refractivity contribution is 8.15. The van der Waals surface area contributed by atoms with Crippen molar-refractivity contribution >= 4 is 22.9 Å². The summed E-state index contributed by atoms with van der Waals surface area (Å²) >= 11 is 1.10. The van der Waals surface area contributed by atoms with Crippen LogP contribution in [0.3, 0.4) is 0 Å². The Bertz CT molecular complexity index is 1390. The van der Waals surface area contributed by atoms with Crippen LogP contribution in [0.15, 0.2) is 4.79 Å². The van der Waals surface area contributed by atoms with Gasteiger partial charge in [-0.15, -0.1) is 0 Å². The molecule has 0 bridgehead atoms. The first-order chi connectivity index (χ1) is 25.4. The van der Waals surface area contributed by atoms with Gasteiger partial charge in [-0.2, -0.15) is 0 Å². The number of aromatic hydroxyl groups is 1. The average molecular weight is 822 g/mol. The van der Waals surface area contributed by atoms with Crippen molar-refractivity contribution in [1.29, 1.82) is 0 Å². The van der Waals surface area contributed by atoms with E-state index in [4.69, 9.17) is 0 Å². The van der Waals surface area contributed by atoms with Crippen molar-refractivity contribution in [2.75, 3.05) is 40.3 Å². The molecule has 4 heterocycles. The van der Waals surface area contributed by atoms with E-state index in [0.29, 0.717) is 33.2 Å². The number of carbonyl (C=O) groups excluding carboxylic acids is 2. The molecule has 0 aromatic carbocycles. The molecule has 4 fully saturated rings. The molecule has 1 aromatic rings. The largest absolute Gasteiger partial charge is 0.502 e. The summed E-state index contributed by atoms with van der Waals surface area (Å²) in [6.45, 7) is 48.7. The van der Waals surface area contributed by atoms with Gasteiger partial charge in [0.1, 0.15) is 5.82 Å². The Morgan fingerprint density at radius 2 is 1.07 bits per heavy atom. The fourth-order valence-electron chi connectivity index (χ4n) is 5.95. The summed E-state index contributed by atoms with van der Waals surface area (Å²) in [6.07, 6.45) is 6.44. The Kier molecular flexibility index (Phi) is 21.3. The minimum atomic E-state index is -0.475. The molecular formula is C47H91N5O4S. The minimum Gasteiger partial charge on any atom is -0.502 e. The number of H-pyrrole nitrogens is 1. The van der Waals surface area contributed by atoms with Crippen LogP contribution >= 0.6 is 11.8 Å². The summed E-state index contributed by atoms with van der Waals surface area (Å²) in [4.78, 5) is 44.3. The third kappa shape index (κ3) is 22.9. The molecule has 0 spiro atoms. The lowest BCUT2D eigenvalue weighted by atomic mass is 9.69. The van der Waals surface area contributed by atoms with Crippen LogP contribution in [0.25, 0.3) is 0 Å². The molecule has 0 radical (unpaired) electrons. The van der Waals surface area contributed by atoms with Crippen LogP contribution in [0.1, 0.15) is 175 Å². The highest BCUT2D eigenvalue weighted by Crippen LogP contribution is 2.41. The topological polar surface area (TPSA) is 119 Å². The maximum atomic E-state index is 11.2. The van der Waals surface area contributed by atoms with E-state index in [-0.39, 0.29) is 33.0 Å². The van der Waals surface area contributed by atoms with E-state index >= 15 is 0 Å². The number of aryl methyl sites for hydroxylation is 1. The fraction of sp³-hybridized carbons (Fsp3) is 0.872. The predicted molar refractivity (Wildman–Crippen MR) is 246 cm³/mol. The normalized spacial score (nSPS) is 19.9. The van der Waals surface area contributed by atoms with Crippen molar-refractivity contribution in [3.8, 4) is 5.75 Å². The van der Waals surface area contributed by atoms with Gasteiger partial charge in [0.15, 0.2) is 0 Å². The van der Waals surface area contributed by atoms with Gasteiger partial charge in [0.05, 0.1) is 10.9 Å². The Morgan fingerprint density at radius 1 is 0.684 bits per heavy atom. The number of aromatic amines is 1. The van der Waals surface area contributed by atoms with Crippen molar-refractivity contribution in [3.05, 3.63) is 21.9 Å². The molecule has 3 aliphatic heterocycles. The van der Waals surface area contributed by atoms with Crippen molar-refractivity contribution in [1.82, 2.24) is 25.1 Å². The summed E-state index contributed by atoms with van der Waals surface area (Å²) in [6, 6.07) is 0. The molecule has 1 aromatic heterocycles. The Labute approximate surface area is 355 Å². The van der Waals surface area contributed by atoms with E-state index in [1.165, 1.54) is 51.9 Å². The van der Waals surface area contributed by atoms with Crippen LogP contribution < -0.4 is 10.9 Å². The quantitative estimate of drug-likeness (QED) is 0.256. The summed E-state index contributed by atoms with van der Waals surface area (Å²) in [5.41, 5.74) is 1.95. The number of carbonyl (C=O) groups is 2. The standard InChI is InChI=1S/C9H14N2O2.C8H13NO2S.2C8H17N.C8H16.C6H14/c1-5-10-7(9(2,3)4)6(12)8(13)11-5;1-8(2,3)4-5-6(10)9-7(11)12-5;2*1-8(2,3)7-5-9(4)6-7;1-8(2,3)7-5-4-6-7;1-5-6(2,3)4/h12H,1-4H3,(H,10,11,13);5H,4H2,1-3H3,(H,9,10,11);2*7H,5-6H2,1-4H3;7H,4-6H2,1-3H3;5H2,1-4H3. The number of rotatable bonds is 1. The number of likely N-dealkylation sites (tertiary alicyclic amines) is 2. The molecule has 1 aliphatic carbocycles. The van der Waals surface area contributed by atoms with E-state index in [1.54, 1.807) is 6.92 Å². The molecule has 10 heteroatoms. The highest BCUT2D eigenvalue weighted by atomic mass is 32.2. The predicted octanol–water partition coefficient (Wildman–Crippen LogP) is 11.3. The third-order valence-electron chi connectivity index (χ3n) is 11.3. The van der Waals surface area contributed by atoms with Crippen LogP contribution in [0.2, 0.25) is 0 Å². The molecule has 1 unspecified atom stereocenters. The number of nitrogens with one attached hydrogen (secondary N) is 2. The Hall–Kier alpha value is -1.91. The number of amides is 2. The van der Waals surface area contributed by atoms with Gasteiger partial charge in [0, 0.05) is 31.6 Å². The fourth-order valence-corrected chi connectivity index (χ4v) is 7.12. The second kappa shape index (κ2) is 22.1. The molecule has 1 saturated carbocycles. The van der Waals surface area contributed by atoms with E-state index in [1.807, 2.05) is 20.8 Å². The van der Waals surface area contributed by atoms with Crippen molar-refractivity contribution in [2.24, 2.45) is 44.8 Å². The first kappa shape index (κ1) is 55.1. The van der Waals surface area contributed by atoms with Gasteiger partial charge >= 0.3 is 0 Å². The monoisotopic (exact) mass is 822 g/mol. The van der Waals surface area contributed by atoms with Crippen molar-refractivity contribution in [2.45, 2.75) is 181 Å².